The van der Waals surface area contributed by atoms with Crippen LogP contribution in [0.5, 0.6) is 0 Å². The van der Waals surface area contributed by atoms with Crippen molar-refractivity contribution >= 4 is 34.3 Å². The van der Waals surface area contributed by atoms with E-state index in [9.17, 15) is 9.18 Å². The molecule has 0 bridgehead atoms. The molecule has 106 valence electrons. The van der Waals surface area contributed by atoms with Crippen molar-refractivity contribution < 1.29 is 9.18 Å². The van der Waals surface area contributed by atoms with Gasteiger partial charge in [-0.15, -0.1) is 0 Å². The lowest BCUT2D eigenvalue weighted by molar-refractivity contribution is -0.107. The van der Waals surface area contributed by atoms with Gasteiger partial charge in [0.05, 0.1) is 0 Å². The first-order valence-corrected chi connectivity index (χ1v) is 7.34. The molecular formula is C16H13FN2OS. The smallest absolute Gasteiger partial charge is 0.152 e. The van der Waals surface area contributed by atoms with Gasteiger partial charge >= 0.3 is 0 Å². The molecule has 2 aromatic carbocycles. The molecule has 0 aromatic heterocycles. The maximum atomic E-state index is 13.0. The number of hydrogen-bond donors (Lipinski definition) is 2. The minimum absolute atomic E-state index is 0.237. The van der Waals surface area contributed by atoms with Crippen LogP contribution in [0, 0.1) is 5.82 Å². The second-order valence-electron chi connectivity index (χ2n) is 4.53. The number of para-hydroxylation sites is 1. The molecule has 0 saturated carbocycles. The fraction of sp³-hybridized carbons (Fsp3) is 0.0625. The Kier molecular flexibility index (Phi) is 3.92. The van der Waals surface area contributed by atoms with Gasteiger partial charge in [-0.25, -0.2) is 4.39 Å². The van der Waals surface area contributed by atoms with E-state index < -0.39 is 0 Å². The van der Waals surface area contributed by atoms with Gasteiger partial charge in [0.2, 0.25) is 0 Å². The van der Waals surface area contributed by atoms with Crippen LogP contribution in [0.2, 0.25) is 0 Å². The zero-order valence-corrected chi connectivity index (χ0v) is 11.9. The van der Waals surface area contributed by atoms with Gasteiger partial charge in [0, 0.05) is 28.0 Å². The van der Waals surface area contributed by atoms with Crippen LogP contribution in [0.3, 0.4) is 0 Å². The van der Waals surface area contributed by atoms with Crippen molar-refractivity contribution in [2.24, 2.45) is 0 Å². The fourth-order valence-electron chi connectivity index (χ4n) is 2.07. The van der Waals surface area contributed by atoms with Gasteiger partial charge in [-0.3, -0.25) is 0 Å². The Labute approximate surface area is 126 Å². The Bertz CT molecular complexity index is 685. The summed E-state index contributed by atoms with van der Waals surface area (Å²) in [5.74, 6) is -0.263. The number of benzene rings is 2. The van der Waals surface area contributed by atoms with Gasteiger partial charge in [-0.2, -0.15) is 0 Å². The van der Waals surface area contributed by atoms with E-state index in [4.69, 9.17) is 0 Å². The lowest BCUT2D eigenvalue weighted by Crippen LogP contribution is -2.16. The van der Waals surface area contributed by atoms with Crippen LogP contribution in [-0.4, -0.2) is 11.7 Å². The van der Waals surface area contributed by atoms with Crippen LogP contribution in [0.4, 0.5) is 15.8 Å². The zero-order chi connectivity index (χ0) is 14.7. The van der Waals surface area contributed by atoms with E-state index >= 15 is 0 Å². The summed E-state index contributed by atoms with van der Waals surface area (Å²) in [7, 11) is 0. The van der Waals surface area contributed by atoms with E-state index in [2.05, 4.69) is 10.6 Å². The Morgan fingerprint density at radius 3 is 2.62 bits per heavy atom. The number of hydrogen-bond acceptors (Lipinski definition) is 4. The minimum Gasteiger partial charge on any atom is -0.372 e. The van der Waals surface area contributed by atoms with E-state index in [1.165, 1.54) is 23.9 Å². The third-order valence-electron chi connectivity index (χ3n) is 3.07. The number of nitrogens with one attached hydrogen (secondary N) is 2. The molecule has 1 heterocycles. The Morgan fingerprint density at radius 1 is 1.14 bits per heavy atom. The normalized spacial score (nSPS) is 17.0. The van der Waals surface area contributed by atoms with Crippen LogP contribution in [-0.2, 0) is 4.79 Å². The van der Waals surface area contributed by atoms with E-state index in [1.54, 1.807) is 12.1 Å². The molecule has 2 aromatic rings. The van der Waals surface area contributed by atoms with Gasteiger partial charge in [0.25, 0.3) is 0 Å². The average molecular weight is 300 g/mol. The van der Waals surface area contributed by atoms with Crippen molar-refractivity contribution in [2.45, 2.75) is 5.37 Å². The summed E-state index contributed by atoms with van der Waals surface area (Å²) in [6, 6.07) is 14.0. The quantitative estimate of drug-likeness (QED) is 0.844. The molecule has 2 N–H and O–H groups in total. The molecule has 0 amide bonds. The number of anilines is 2. The summed E-state index contributed by atoms with van der Waals surface area (Å²) in [6.45, 7) is 0. The highest BCUT2D eigenvalue weighted by atomic mass is 32.2. The SMILES string of the molecule is O=CC1NC=C(c2ccccc2Nc2ccc(F)cc2)S1. The summed E-state index contributed by atoms with van der Waals surface area (Å²) >= 11 is 1.47. The topological polar surface area (TPSA) is 41.1 Å². The first kappa shape index (κ1) is 13.7. The highest BCUT2D eigenvalue weighted by molar-refractivity contribution is 8.09. The summed E-state index contributed by atoms with van der Waals surface area (Å²) in [5.41, 5.74) is 2.73. The fourth-order valence-corrected chi connectivity index (χ4v) is 2.97. The highest BCUT2D eigenvalue weighted by Gasteiger charge is 2.19. The third kappa shape index (κ3) is 3.08. The molecule has 0 radical (unpaired) electrons. The molecule has 21 heavy (non-hydrogen) atoms. The maximum Gasteiger partial charge on any atom is 0.152 e. The number of carbonyl (C=O) groups is 1. The van der Waals surface area contributed by atoms with Crippen LogP contribution in [0.1, 0.15) is 5.56 Å². The lowest BCUT2D eigenvalue weighted by atomic mass is 10.1. The molecule has 0 fully saturated rings. The number of aldehydes is 1. The van der Waals surface area contributed by atoms with Gasteiger partial charge in [-0.05, 0) is 30.3 Å². The predicted octanol–water partition coefficient (Wildman–Crippen LogP) is 3.73. The van der Waals surface area contributed by atoms with E-state index in [1.807, 2.05) is 30.5 Å². The Hall–Kier alpha value is -2.27. The van der Waals surface area contributed by atoms with Crippen molar-refractivity contribution in [2.75, 3.05) is 5.32 Å². The van der Waals surface area contributed by atoms with Crippen LogP contribution in [0.15, 0.2) is 54.7 Å². The van der Waals surface area contributed by atoms with Crippen molar-refractivity contribution in [3.63, 3.8) is 0 Å². The first-order chi connectivity index (χ1) is 10.3. The number of thioether (sulfide) groups is 1. The van der Waals surface area contributed by atoms with Crippen LogP contribution in [0.25, 0.3) is 4.91 Å². The van der Waals surface area contributed by atoms with Crippen molar-refractivity contribution in [3.8, 4) is 0 Å². The first-order valence-electron chi connectivity index (χ1n) is 6.46. The monoisotopic (exact) mass is 300 g/mol. The molecule has 0 spiro atoms. The molecule has 3 rings (SSSR count). The molecular weight excluding hydrogens is 287 g/mol. The van der Waals surface area contributed by atoms with Gasteiger partial charge in [0.1, 0.15) is 11.2 Å². The molecule has 1 aliphatic heterocycles. The van der Waals surface area contributed by atoms with E-state index in [0.29, 0.717) is 0 Å². The highest BCUT2D eigenvalue weighted by Crippen LogP contribution is 2.37. The second-order valence-corrected chi connectivity index (χ2v) is 5.71. The average Bonchev–Trinajstić information content (AvgIpc) is 2.99. The number of carbonyl (C=O) groups excluding carboxylic acids is 1. The summed E-state index contributed by atoms with van der Waals surface area (Å²) < 4.78 is 13.0. The maximum absolute atomic E-state index is 13.0. The van der Waals surface area contributed by atoms with Gasteiger partial charge < -0.3 is 15.4 Å². The van der Waals surface area contributed by atoms with Crippen molar-refractivity contribution in [1.29, 1.82) is 0 Å². The van der Waals surface area contributed by atoms with Gasteiger partial charge in [0.15, 0.2) is 6.29 Å². The number of halogens is 1. The lowest BCUT2D eigenvalue weighted by Gasteiger charge is -2.12. The molecule has 1 aliphatic rings. The molecule has 1 unspecified atom stereocenters. The van der Waals surface area contributed by atoms with Crippen molar-refractivity contribution in [1.82, 2.24) is 5.32 Å². The minimum atomic E-state index is -0.263. The predicted molar refractivity (Wildman–Crippen MR) is 84.7 cm³/mol. The largest absolute Gasteiger partial charge is 0.372 e. The number of rotatable bonds is 4. The second kappa shape index (κ2) is 6.01. The summed E-state index contributed by atoms with van der Waals surface area (Å²) in [6.07, 6.45) is 2.72. The Balaban J connectivity index is 1.86. The van der Waals surface area contributed by atoms with E-state index in [0.717, 1.165) is 28.1 Å². The summed E-state index contributed by atoms with van der Waals surface area (Å²) in [4.78, 5) is 11.8. The van der Waals surface area contributed by atoms with Crippen molar-refractivity contribution in [3.05, 3.63) is 66.1 Å². The molecule has 3 nitrogen and oxygen atoms in total. The standard InChI is InChI=1S/C16H13FN2OS/c17-11-5-7-12(8-6-11)19-14-4-2-1-3-13(14)15-9-18-16(10-20)21-15/h1-10,16,18-19H. The van der Waals surface area contributed by atoms with Crippen LogP contribution < -0.4 is 10.6 Å². The Morgan fingerprint density at radius 2 is 1.90 bits per heavy atom. The zero-order valence-electron chi connectivity index (χ0n) is 11.0. The summed E-state index contributed by atoms with van der Waals surface area (Å²) in [5, 5.41) is 6.04. The van der Waals surface area contributed by atoms with Crippen LogP contribution >= 0.6 is 11.8 Å². The molecule has 1 atom stereocenters. The molecule has 5 heteroatoms. The molecule has 0 aliphatic carbocycles. The third-order valence-corrected chi connectivity index (χ3v) is 4.16. The van der Waals surface area contributed by atoms with E-state index in [-0.39, 0.29) is 11.2 Å². The molecule has 0 saturated heterocycles. The van der Waals surface area contributed by atoms with Gasteiger partial charge in [-0.1, -0.05) is 30.0 Å².